The Morgan fingerprint density at radius 3 is 2.54 bits per heavy atom. The maximum Gasteiger partial charge on any atom is 0.231 e. The highest BCUT2D eigenvalue weighted by atomic mass is 32.2. The first-order chi connectivity index (χ1) is 11.5. The van der Waals surface area contributed by atoms with Crippen LogP contribution < -0.4 is 15.2 Å². The zero-order chi connectivity index (χ0) is 16.9. The highest BCUT2D eigenvalue weighted by Gasteiger charge is 2.70. The summed E-state index contributed by atoms with van der Waals surface area (Å²) in [5.41, 5.74) is 5.33. The first-order valence-corrected chi connectivity index (χ1v) is 8.92. The van der Waals surface area contributed by atoms with Crippen LogP contribution in [-0.4, -0.2) is 26.0 Å². The molecular formula is C17H14N2O4S. The lowest BCUT2D eigenvalue weighted by Crippen LogP contribution is -2.29. The number of sulfone groups is 1. The Hall–Kier alpha value is -2.56. The number of nitriles is 1. The topological polar surface area (TPSA) is 102 Å². The maximum atomic E-state index is 12.9. The molecule has 0 spiro atoms. The van der Waals surface area contributed by atoms with E-state index in [1.165, 1.54) is 12.1 Å². The number of rotatable bonds is 3. The van der Waals surface area contributed by atoms with Crippen molar-refractivity contribution in [3.63, 3.8) is 0 Å². The van der Waals surface area contributed by atoms with Crippen LogP contribution in [0.1, 0.15) is 11.5 Å². The van der Waals surface area contributed by atoms with E-state index in [0.717, 1.165) is 0 Å². The van der Waals surface area contributed by atoms with E-state index >= 15 is 0 Å². The molecule has 1 aliphatic carbocycles. The smallest absolute Gasteiger partial charge is 0.231 e. The van der Waals surface area contributed by atoms with Gasteiger partial charge in [-0.05, 0) is 29.8 Å². The molecule has 0 bridgehead atoms. The first kappa shape index (κ1) is 15.0. The van der Waals surface area contributed by atoms with Gasteiger partial charge >= 0.3 is 0 Å². The van der Waals surface area contributed by atoms with Crippen LogP contribution in [0.5, 0.6) is 11.5 Å². The van der Waals surface area contributed by atoms with Crippen LogP contribution in [0.25, 0.3) is 0 Å². The summed E-state index contributed by atoms with van der Waals surface area (Å²) >= 11 is 0. The summed E-state index contributed by atoms with van der Waals surface area (Å²) in [4.78, 5) is 0.170. The molecule has 122 valence electrons. The molecule has 1 aliphatic heterocycles. The molecule has 3 atom stereocenters. The minimum atomic E-state index is -3.72. The molecule has 1 heterocycles. The molecule has 1 fully saturated rings. The van der Waals surface area contributed by atoms with Gasteiger partial charge in [0, 0.05) is 5.92 Å². The number of ether oxygens (including phenoxy) is 2. The number of benzene rings is 2. The van der Waals surface area contributed by atoms with E-state index in [9.17, 15) is 13.7 Å². The molecule has 1 saturated carbocycles. The second-order valence-electron chi connectivity index (χ2n) is 5.91. The number of nitrogens with zero attached hydrogens (tertiary/aromatic N) is 1. The Bertz CT molecular complexity index is 952. The zero-order valence-electron chi connectivity index (χ0n) is 12.5. The van der Waals surface area contributed by atoms with Crippen molar-refractivity contribution in [2.45, 2.75) is 21.6 Å². The van der Waals surface area contributed by atoms with Crippen molar-refractivity contribution in [3.8, 4) is 17.6 Å². The fourth-order valence-corrected chi connectivity index (χ4v) is 5.46. The number of hydrogen-bond acceptors (Lipinski definition) is 6. The van der Waals surface area contributed by atoms with Crippen LogP contribution in [0.2, 0.25) is 0 Å². The molecule has 7 heteroatoms. The van der Waals surface area contributed by atoms with Crippen molar-refractivity contribution in [2.24, 2.45) is 5.73 Å². The molecular weight excluding hydrogens is 328 g/mol. The van der Waals surface area contributed by atoms with Gasteiger partial charge in [0.25, 0.3) is 0 Å². The Balaban J connectivity index is 1.76. The van der Waals surface area contributed by atoms with Crippen LogP contribution in [-0.2, 0) is 9.84 Å². The normalized spacial score (nSPS) is 27.5. The van der Waals surface area contributed by atoms with Gasteiger partial charge < -0.3 is 15.2 Å². The Kier molecular flexibility index (Phi) is 3.10. The molecule has 6 nitrogen and oxygen atoms in total. The van der Waals surface area contributed by atoms with Gasteiger partial charge in [0.05, 0.1) is 11.0 Å². The molecule has 2 aromatic carbocycles. The molecule has 0 radical (unpaired) electrons. The molecule has 0 amide bonds. The molecule has 2 aromatic rings. The van der Waals surface area contributed by atoms with Gasteiger partial charge in [-0.3, -0.25) is 0 Å². The SMILES string of the molecule is N#C[C@@]1(N)[C@@H](c2ccc3c(c2)OCO3)[C@@H]1S(=O)(=O)c1ccccc1. The zero-order valence-corrected chi connectivity index (χ0v) is 13.4. The quantitative estimate of drug-likeness (QED) is 0.908. The monoisotopic (exact) mass is 342 g/mol. The minimum Gasteiger partial charge on any atom is -0.454 e. The third-order valence-corrected chi connectivity index (χ3v) is 6.79. The van der Waals surface area contributed by atoms with Gasteiger partial charge in [-0.2, -0.15) is 5.26 Å². The molecule has 24 heavy (non-hydrogen) atoms. The van der Waals surface area contributed by atoms with E-state index in [1.54, 1.807) is 36.4 Å². The summed E-state index contributed by atoms with van der Waals surface area (Å²) < 4.78 is 36.4. The Morgan fingerprint density at radius 1 is 1.12 bits per heavy atom. The standard InChI is InChI=1S/C17H14N2O4S/c18-9-17(19)15(11-6-7-13-14(8-11)23-10-22-13)16(17)24(20,21)12-4-2-1-3-5-12/h1-8,15-16H,10,19H2/t15-,16-,17+/m0/s1. The van der Waals surface area contributed by atoms with Crippen LogP contribution in [0.3, 0.4) is 0 Å². The van der Waals surface area contributed by atoms with E-state index in [0.29, 0.717) is 17.1 Å². The molecule has 0 unspecified atom stereocenters. The van der Waals surface area contributed by atoms with Gasteiger partial charge in [0.2, 0.25) is 6.79 Å². The minimum absolute atomic E-state index is 0.126. The third-order valence-electron chi connectivity index (χ3n) is 4.53. The van der Waals surface area contributed by atoms with Crippen molar-refractivity contribution in [3.05, 3.63) is 54.1 Å². The summed E-state index contributed by atoms with van der Waals surface area (Å²) in [5, 5.41) is 8.49. The van der Waals surface area contributed by atoms with Crippen molar-refractivity contribution in [1.29, 1.82) is 5.26 Å². The summed E-state index contributed by atoms with van der Waals surface area (Å²) in [6, 6.07) is 15.2. The second-order valence-corrected chi connectivity index (χ2v) is 7.98. The Morgan fingerprint density at radius 2 is 1.83 bits per heavy atom. The van der Waals surface area contributed by atoms with Crippen LogP contribution in [0.15, 0.2) is 53.4 Å². The summed E-state index contributed by atoms with van der Waals surface area (Å²) in [6.45, 7) is 0.126. The fraction of sp³-hybridized carbons (Fsp3) is 0.235. The van der Waals surface area contributed by atoms with Crippen LogP contribution >= 0.6 is 0 Å². The van der Waals surface area contributed by atoms with E-state index in [4.69, 9.17) is 15.2 Å². The second kappa shape index (κ2) is 4.97. The highest BCUT2D eigenvalue weighted by Crippen LogP contribution is 2.56. The van der Waals surface area contributed by atoms with Gasteiger partial charge in [0.15, 0.2) is 21.3 Å². The van der Waals surface area contributed by atoms with E-state index in [1.807, 2.05) is 6.07 Å². The summed E-state index contributed by atoms with van der Waals surface area (Å²) in [6.07, 6.45) is 0. The van der Waals surface area contributed by atoms with E-state index in [-0.39, 0.29) is 11.7 Å². The van der Waals surface area contributed by atoms with Gasteiger partial charge in [-0.15, -0.1) is 0 Å². The summed E-state index contributed by atoms with van der Waals surface area (Å²) in [5.74, 6) is 0.527. The largest absolute Gasteiger partial charge is 0.454 e. The maximum absolute atomic E-state index is 12.9. The van der Waals surface area contributed by atoms with Crippen molar-refractivity contribution >= 4 is 9.84 Å². The average Bonchev–Trinajstić information content (AvgIpc) is 3.00. The third kappa shape index (κ3) is 2.00. The number of fused-ring (bicyclic) bond motifs is 1. The number of hydrogen-bond donors (Lipinski definition) is 1. The van der Waals surface area contributed by atoms with Crippen molar-refractivity contribution in [1.82, 2.24) is 0 Å². The Labute approximate surface area is 139 Å². The molecule has 2 N–H and O–H groups in total. The highest BCUT2D eigenvalue weighted by molar-refractivity contribution is 7.92. The fourth-order valence-electron chi connectivity index (χ4n) is 3.26. The molecule has 2 aliphatic rings. The van der Waals surface area contributed by atoms with Crippen LogP contribution in [0, 0.1) is 11.3 Å². The van der Waals surface area contributed by atoms with Crippen molar-refractivity contribution < 1.29 is 17.9 Å². The summed E-state index contributed by atoms with van der Waals surface area (Å²) in [7, 11) is -3.72. The average molecular weight is 342 g/mol. The first-order valence-electron chi connectivity index (χ1n) is 7.37. The lowest BCUT2D eigenvalue weighted by atomic mass is 10.1. The van der Waals surface area contributed by atoms with E-state index in [2.05, 4.69) is 0 Å². The van der Waals surface area contributed by atoms with Gasteiger partial charge in [0.1, 0.15) is 10.8 Å². The predicted molar refractivity (Wildman–Crippen MR) is 85.3 cm³/mol. The van der Waals surface area contributed by atoms with Gasteiger partial charge in [-0.1, -0.05) is 24.3 Å². The molecule has 0 aromatic heterocycles. The van der Waals surface area contributed by atoms with Crippen molar-refractivity contribution in [2.75, 3.05) is 6.79 Å². The molecule has 4 rings (SSSR count). The number of nitrogens with two attached hydrogens (primary N) is 1. The lowest BCUT2D eigenvalue weighted by molar-refractivity contribution is 0.174. The van der Waals surface area contributed by atoms with Crippen LogP contribution in [0.4, 0.5) is 0 Å². The van der Waals surface area contributed by atoms with Gasteiger partial charge in [-0.25, -0.2) is 8.42 Å². The lowest BCUT2D eigenvalue weighted by Gasteiger charge is -2.04. The van der Waals surface area contributed by atoms with E-state index < -0.39 is 26.5 Å². The predicted octanol–water partition coefficient (Wildman–Crippen LogP) is 1.58. The molecule has 0 saturated heterocycles.